The molecule has 0 spiro atoms. The maximum atomic E-state index is 13.9. The average Bonchev–Trinajstić information content (AvgIpc) is 3.36. The van der Waals surface area contributed by atoms with E-state index >= 15 is 0 Å². The summed E-state index contributed by atoms with van der Waals surface area (Å²) in [4.78, 5) is 0. The lowest BCUT2D eigenvalue weighted by molar-refractivity contribution is 0.335. The molecule has 3 aliphatic carbocycles. The smallest absolute Gasteiger partial charge is 0.123 e. The van der Waals surface area contributed by atoms with Gasteiger partial charge in [0.25, 0.3) is 0 Å². The van der Waals surface area contributed by atoms with Crippen LogP contribution >= 0.6 is 0 Å². The molecule has 0 aromatic carbocycles. The number of halogens is 1. The molecular weight excluding hydrogens is 287 g/mol. The van der Waals surface area contributed by atoms with E-state index in [2.05, 4.69) is 16.7 Å². The van der Waals surface area contributed by atoms with Crippen LogP contribution in [0, 0.1) is 23.7 Å². The Morgan fingerprint density at radius 3 is 2.91 bits per heavy atom. The van der Waals surface area contributed by atoms with Crippen LogP contribution in [0.3, 0.4) is 0 Å². The molecule has 2 N–H and O–H groups in total. The van der Waals surface area contributed by atoms with Gasteiger partial charge in [0, 0.05) is 6.04 Å². The fraction of sp³-hybridized carbons (Fsp3) is 0.700. The molecule has 1 heterocycles. The maximum Gasteiger partial charge on any atom is 0.123 e. The molecule has 3 heteroatoms. The molecule has 3 fully saturated rings. The van der Waals surface area contributed by atoms with E-state index in [1.165, 1.54) is 63.7 Å². The Hall–Kier alpha value is -0.930. The Balaban J connectivity index is 1.35. The first-order valence-corrected chi connectivity index (χ1v) is 9.51. The van der Waals surface area contributed by atoms with E-state index in [4.69, 9.17) is 0 Å². The van der Waals surface area contributed by atoms with Crippen LogP contribution in [0.1, 0.15) is 38.5 Å². The number of rotatable bonds is 4. The minimum absolute atomic E-state index is 0.0643. The fourth-order valence-electron chi connectivity index (χ4n) is 4.84. The summed E-state index contributed by atoms with van der Waals surface area (Å²) in [5.74, 6) is 2.60. The minimum Gasteiger partial charge on any atom is -0.317 e. The molecule has 0 aromatic rings. The highest BCUT2D eigenvalue weighted by molar-refractivity contribution is 5.34. The van der Waals surface area contributed by atoms with Crippen LogP contribution in [0.2, 0.25) is 0 Å². The standard InChI is InChI=1S/C20H29FN2/c21-16-5-1-3-15-4-2-6-17(18(15)11-16)19-12-20(19)23-13-14-7-9-22-10-8-14/h1,3,5,11,14-15,17,19-20,22-23H,2,4,6-10,12-13H2/t15?,17-,19?,20?/m0/s1. The van der Waals surface area contributed by atoms with Gasteiger partial charge in [-0.1, -0.05) is 24.1 Å². The van der Waals surface area contributed by atoms with Crippen molar-refractivity contribution < 1.29 is 4.39 Å². The zero-order chi connectivity index (χ0) is 15.6. The fourth-order valence-corrected chi connectivity index (χ4v) is 4.84. The normalized spacial score (nSPS) is 37.6. The Kier molecular flexibility index (Phi) is 4.68. The van der Waals surface area contributed by atoms with Gasteiger partial charge in [-0.2, -0.15) is 0 Å². The second-order valence-electron chi connectivity index (χ2n) is 7.83. The summed E-state index contributed by atoms with van der Waals surface area (Å²) in [6, 6.07) is 0.675. The Bertz CT molecular complexity index is 516. The van der Waals surface area contributed by atoms with Gasteiger partial charge in [-0.15, -0.1) is 0 Å². The second kappa shape index (κ2) is 6.90. The quantitative estimate of drug-likeness (QED) is 0.826. The SMILES string of the molecule is FC1=CC=CC2CCC[C@H](C3CC3NCC3CCNCC3)C2=C1. The largest absolute Gasteiger partial charge is 0.317 e. The van der Waals surface area contributed by atoms with Crippen LogP contribution in [0.25, 0.3) is 0 Å². The van der Waals surface area contributed by atoms with Gasteiger partial charge in [-0.3, -0.25) is 0 Å². The molecule has 0 amide bonds. The molecule has 0 radical (unpaired) electrons. The van der Waals surface area contributed by atoms with Crippen molar-refractivity contribution >= 4 is 0 Å². The van der Waals surface area contributed by atoms with Crippen molar-refractivity contribution in [1.82, 2.24) is 10.6 Å². The van der Waals surface area contributed by atoms with Crippen LogP contribution in [-0.4, -0.2) is 25.7 Å². The lowest BCUT2D eigenvalue weighted by Crippen LogP contribution is -2.35. The predicted octanol–water partition coefficient (Wildman–Crippen LogP) is 3.73. The van der Waals surface area contributed by atoms with E-state index in [0.29, 0.717) is 17.9 Å². The Labute approximate surface area is 139 Å². The average molecular weight is 316 g/mol. The van der Waals surface area contributed by atoms with Crippen molar-refractivity contribution in [3.05, 3.63) is 35.7 Å². The third-order valence-electron chi connectivity index (χ3n) is 6.27. The molecular formula is C20H29FN2. The van der Waals surface area contributed by atoms with Crippen LogP contribution in [0.5, 0.6) is 0 Å². The molecule has 0 bridgehead atoms. The number of fused-ring (bicyclic) bond motifs is 1. The maximum absolute atomic E-state index is 13.9. The van der Waals surface area contributed by atoms with Crippen LogP contribution < -0.4 is 10.6 Å². The molecule has 2 saturated carbocycles. The van der Waals surface area contributed by atoms with Gasteiger partial charge in [0.15, 0.2) is 0 Å². The predicted molar refractivity (Wildman–Crippen MR) is 92.7 cm³/mol. The lowest BCUT2D eigenvalue weighted by atomic mass is 9.74. The molecule has 4 atom stereocenters. The number of piperidine rings is 1. The topological polar surface area (TPSA) is 24.1 Å². The summed E-state index contributed by atoms with van der Waals surface area (Å²) in [5.41, 5.74) is 1.37. The Morgan fingerprint density at radius 1 is 1.17 bits per heavy atom. The van der Waals surface area contributed by atoms with Crippen LogP contribution in [0.4, 0.5) is 4.39 Å². The summed E-state index contributed by atoms with van der Waals surface area (Å²) >= 11 is 0. The molecule has 3 unspecified atom stereocenters. The van der Waals surface area contributed by atoms with Crippen molar-refractivity contribution in [3.8, 4) is 0 Å². The van der Waals surface area contributed by atoms with E-state index in [-0.39, 0.29) is 5.83 Å². The highest BCUT2D eigenvalue weighted by Crippen LogP contribution is 2.49. The molecule has 4 aliphatic rings. The van der Waals surface area contributed by atoms with Gasteiger partial charge in [0.05, 0.1) is 0 Å². The highest BCUT2D eigenvalue weighted by Gasteiger charge is 2.46. The summed E-state index contributed by atoms with van der Waals surface area (Å²) < 4.78 is 13.9. The van der Waals surface area contributed by atoms with Gasteiger partial charge >= 0.3 is 0 Å². The van der Waals surface area contributed by atoms with Crippen LogP contribution in [-0.2, 0) is 0 Å². The van der Waals surface area contributed by atoms with Crippen molar-refractivity contribution in [2.24, 2.45) is 23.7 Å². The highest BCUT2D eigenvalue weighted by atomic mass is 19.1. The van der Waals surface area contributed by atoms with E-state index in [9.17, 15) is 4.39 Å². The van der Waals surface area contributed by atoms with E-state index in [0.717, 1.165) is 11.8 Å². The van der Waals surface area contributed by atoms with Gasteiger partial charge in [-0.25, -0.2) is 4.39 Å². The third kappa shape index (κ3) is 3.61. The molecule has 1 saturated heterocycles. The van der Waals surface area contributed by atoms with Gasteiger partial charge < -0.3 is 10.6 Å². The van der Waals surface area contributed by atoms with E-state index in [1.54, 1.807) is 6.08 Å². The zero-order valence-corrected chi connectivity index (χ0v) is 13.9. The van der Waals surface area contributed by atoms with Crippen molar-refractivity contribution in [3.63, 3.8) is 0 Å². The zero-order valence-electron chi connectivity index (χ0n) is 13.9. The number of hydrogen-bond acceptors (Lipinski definition) is 2. The first-order chi connectivity index (χ1) is 11.3. The number of allylic oxidation sites excluding steroid dienone is 6. The second-order valence-corrected chi connectivity index (χ2v) is 7.83. The molecule has 4 rings (SSSR count). The molecule has 0 aromatic heterocycles. The molecule has 1 aliphatic heterocycles. The monoisotopic (exact) mass is 316 g/mol. The Morgan fingerprint density at radius 2 is 2.04 bits per heavy atom. The summed E-state index contributed by atoms with van der Waals surface area (Å²) in [7, 11) is 0. The van der Waals surface area contributed by atoms with Crippen molar-refractivity contribution in [2.45, 2.75) is 44.6 Å². The van der Waals surface area contributed by atoms with Crippen molar-refractivity contribution in [1.29, 1.82) is 0 Å². The first-order valence-electron chi connectivity index (χ1n) is 9.51. The van der Waals surface area contributed by atoms with Gasteiger partial charge in [0.2, 0.25) is 0 Å². The van der Waals surface area contributed by atoms with Crippen LogP contribution in [0.15, 0.2) is 35.7 Å². The first kappa shape index (κ1) is 15.6. The van der Waals surface area contributed by atoms with E-state index in [1.807, 2.05) is 12.2 Å². The van der Waals surface area contributed by atoms with E-state index < -0.39 is 0 Å². The van der Waals surface area contributed by atoms with Crippen molar-refractivity contribution in [2.75, 3.05) is 19.6 Å². The third-order valence-corrected chi connectivity index (χ3v) is 6.27. The number of nitrogens with one attached hydrogen (secondary N) is 2. The minimum atomic E-state index is -0.0643. The molecule has 2 nitrogen and oxygen atoms in total. The summed E-state index contributed by atoms with van der Waals surface area (Å²) in [5, 5.41) is 7.25. The summed E-state index contributed by atoms with van der Waals surface area (Å²) in [6.45, 7) is 3.53. The summed E-state index contributed by atoms with van der Waals surface area (Å²) in [6.07, 6.45) is 15.2. The molecule has 126 valence electrons. The molecule has 23 heavy (non-hydrogen) atoms. The lowest BCUT2D eigenvalue weighted by Gasteiger charge is -2.31. The number of hydrogen-bond donors (Lipinski definition) is 2. The van der Waals surface area contributed by atoms with Gasteiger partial charge in [0.1, 0.15) is 5.83 Å². The van der Waals surface area contributed by atoms with Gasteiger partial charge in [-0.05, 0) is 87.6 Å².